The Bertz CT molecular complexity index is 758. The fourth-order valence-corrected chi connectivity index (χ4v) is 2.22. The lowest BCUT2D eigenvalue weighted by Gasteiger charge is -2.17. The molecule has 3 aromatic rings. The monoisotopic (exact) mass is 296 g/mol. The zero-order chi connectivity index (χ0) is 15.4. The van der Waals surface area contributed by atoms with E-state index in [2.05, 4.69) is 15.3 Å². The third-order valence-corrected chi connectivity index (χ3v) is 3.47. The minimum absolute atomic E-state index is 0.360. The molecule has 0 radical (unpaired) electrons. The molecule has 1 heterocycles. The summed E-state index contributed by atoms with van der Waals surface area (Å²) in [6.07, 6.45) is 1.80. The van der Waals surface area contributed by atoms with E-state index in [1.807, 2.05) is 60.5 Å². The first kappa shape index (κ1) is 14.3. The molecule has 112 valence electrons. The van der Waals surface area contributed by atoms with Crippen LogP contribution >= 0.6 is 0 Å². The summed E-state index contributed by atoms with van der Waals surface area (Å²) in [5.74, 6) is 0.559. The Morgan fingerprint density at radius 1 is 1.09 bits per heavy atom. The van der Waals surface area contributed by atoms with Crippen LogP contribution in [0.1, 0.15) is 0 Å². The number of benzene rings is 2. The molecule has 0 amide bonds. The molecule has 4 nitrogen and oxygen atoms in total. The SMILES string of the molecule is CN(CCF)c1ccc(Nc2ncc3ccccc3n2)cc1. The van der Waals surface area contributed by atoms with Gasteiger partial charge in [0.15, 0.2) is 0 Å². The van der Waals surface area contributed by atoms with E-state index >= 15 is 0 Å². The average Bonchev–Trinajstić information content (AvgIpc) is 2.56. The first-order valence-electron chi connectivity index (χ1n) is 7.12. The number of hydrogen-bond acceptors (Lipinski definition) is 4. The third-order valence-electron chi connectivity index (χ3n) is 3.47. The van der Waals surface area contributed by atoms with E-state index in [1.165, 1.54) is 0 Å². The molecule has 22 heavy (non-hydrogen) atoms. The minimum atomic E-state index is -0.360. The van der Waals surface area contributed by atoms with Crippen LogP contribution in [0.5, 0.6) is 0 Å². The van der Waals surface area contributed by atoms with Crippen LogP contribution < -0.4 is 10.2 Å². The van der Waals surface area contributed by atoms with Crippen molar-refractivity contribution in [2.24, 2.45) is 0 Å². The van der Waals surface area contributed by atoms with Gasteiger partial charge in [-0.1, -0.05) is 18.2 Å². The normalized spacial score (nSPS) is 10.6. The molecule has 0 spiro atoms. The molecule has 0 saturated carbocycles. The molecule has 0 aliphatic heterocycles. The maximum absolute atomic E-state index is 12.4. The molecule has 0 fully saturated rings. The van der Waals surface area contributed by atoms with Gasteiger partial charge in [0.05, 0.1) is 5.52 Å². The highest BCUT2D eigenvalue weighted by atomic mass is 19.1. The Kier molecular flexibility index (Phi) is 4.14. The van der Waals surface area contributed by atoms with Gasteiger partial charge in [0.2, 0.25) is 5.95 Å². The molecule has 2 aromatic carbocycles. The first-order valence-corrected chi connectivity index (χ1v) is 7.12. The van der Waals surface area contributed by atoms with Gasteiger partial charge in [0, 0.05) is 36.6 Å². The largest absolute Gasteiger partial charge is 0.372 e. The van der Waals surface area contributed by atoms with Crippen molar-refractivity contribution in [3.63, 3.8) is 0 Å². The van der Waals surface area contributed by atoms with Crippen molar-refractivity contribution in [1.82, 2.24) is 9.97 Å². The Balaban J connectivity index is 1.76. The molecule has 0 unspecified atom stereocenters. The lowest BCUT2D eigenvalue weighted by Crippen LogP contribution is -2.19. The highest BCUT2D eigenvalue weighted by molar-refractivity contribution is 5.78. The van der Waals surface area contributed by atoms with E-state index in [9.17, 15) is 4.39 Å². The maximum Gasteiger partial charge on any atom is 0.227 e. The van der Waals surface area contributed by atoms with Crippen molar-refractivity contribution in [2.75, 3.05) is 30.5 Å². The predicted octanol–water partition coefficient (Wildman–Crippen LogP) is 3.78. The van der Waals surface area contributed by atoms with Crippen LogP contribution in [-0.4, -0.2) is 30.2 Å². The number of fused-ring (bicyclic) bond motifs is 1. The second-order valence-electron chi connectivity index (χ2n) is 5.03. The lowest BCUT2D eigenvalue weighted by molar-refractivity contribution is 0.497. The quantitative estimate of drug-likeness (QED) is 0.778. The van der Waals surface area contributed by atoms with Crippen LogP contribution in [0.2, 0.25) is 0 Å². The van der Waals surface area contributed by atoms with Gasteiger partial charge in [0.1, 0.15) is 6.67 Å². The Morgan fingerprint density at radius 2 is 1.86 bits per heavy atom. The summed E-state index contributed by atoms with van der Waals surface area (Å²) in [4.78, 5) is 10.7. The number of hydrogen-bond donors (Lipinski definition) is 1. The van der Waals surface area contributed by atoms with Gasteiger partial charge in [-0.05, 0) is 30.3 Å². The smallest absolute Gasteiger partial charge is 0.227 e. The van der Waals surface area contributed by atoms with Gasteiger partial charge < -0.3 is 10.2 Å². The Labute approximate surface area is 128 Å². The molecule has 0 atom stereocenters. The summed E-state index contributed by atoms with van der Waals surface area (Å²) in [7, 11) is 1.87. The van der Waals surface area contributed by atoms with Gasteiger partial charge in [-0.2, -0.15) is 0 Å². The third kappa shape index (κ3) is 3.14. The molecule has 5 heteroatoms. The average molecular weight is 296 g/mol. The lowest BCUT2D eigenvalue weighted by atomic mass is 10.2. The highest BCUT2D eigenvalue weighted by Gasteiger charge is 2.03. The zero-order valence-corrected chi connectivity index (χ0v) is 12.3. The number of rotatable bonds is 5. The number of aromatic nitrogens is 2. The minimum Gasteiger partial charge on any atom is -0.372 e. The van der Waals surface area contributed by atoms with Crippen LogP contribution in [0.3, 0.4) is 0 Å². The zero-order valence-electron chi connectivity index (χ0n) is 12.3. The van der Waals surface area contributed by atoms with E-state index < -0.39 is 0 Å². The molecular formula is C17H17FN4. The molecule has 3 rings (SSSR count). The molecule has 1 N–H and O–H groups in total. The molecule has 0 aliphatic rings. The van der Waals surface area contributed by atoms with Crippen molar-refractivity contribution in [3.8, 4) is 0 Å². The van der Waals surface area contributed by atoms with Crippen LogP contribution in [0.15, 0.2) is 54.7 Å². The van der Waals surface area contributed by atoms with Gasteiger partial charge in [-0.25, -0.2) is 14.4 Å². The molecular weight excluding hydrogens is 279 g/mol. The number of para-hydroxylation sites is 1. The van der Waals surface area contributed by atoms with E-state index in [0.29, 0.717) is 12.5 Å². The van der Waals surface area contributed by atoms with Crippen molar-refractivity contribution in [2.45, 2.75) is 0 Å². The summed E-state index contributed by atoms with van der Waals surface area (Å²) in [6, 6.07) is 15.6. The summed E-state index contributed by atoms with van der Waals surface area (Å²) in [6.45, 7) is 0.0298. The van der Waals surface area contributed by atoms with Gasteiger partial charge >= 0.3 is 0 Å². The number of nitrogens with zero attached hydrogens (tertiary/aromatic N) is 3. The Hall–Kier alpha value is -2.69. The molecule has 0 aliphatic carbocycles. The summed E-state index contributed by atoms with van der Waals surface area (Å²) in [5, 5.41) is 4.19. The van der Waals surface area contributed by atoms with E-state index in [1.54, 1.807) is 6.20 Å². The van der Waals surface area contributed by atoms with E-state index in [0.717, 1.165) is 22.3 Å². The van der Waals surface area contributed by atoms with Crippen molar-refractivity contribution < 1.29 is 4.39 Å². The standard InChI is InChI=1S/C17H17FN4/c1-22(11-10-18)15-8-6-14(7-9-15)20-17-19-12-13-4-2-3-5-16(13)21-17/h2-9,12H,10-11H2,1H3,(H,19,20,21). The second-order valence-corrected chi connectivity index (χ2v) is 5.03. The van der Waals surface area contributed by atoms with E-state index in [-0.39, 0.29) is 6.67 Å². The van der Waals surface area contributed by atoms with Gasteiger partial charge in [0.25, 0.3) is 0 Å². The summed E-state index contributed by atoms with van der Waals surface area (Å²) in [5.41, 5.74) is 2.77. The molecule has 1 aromatic heterocycles. The van der Waals surface area contributed by atoms with E-state index in [4.69, 9.17) is 0 Å². The van der Waals surface area contributed by atoms with Crippen LogP contribution in [0, 0.1) is 0 Å². The number of alkyl halides is 1. The second kappa shape index (κ2) is 6.39. The fraction of sp³-hybridized carbons (Fsp3) is 0.176. The van der Waals surface area contributed by atoms with Crippen molar-refractivity contribution in [1.29, 1.82) is 0 Å². The number of anilines is 3. The predicted molar refractivity (Wildman–Crippen MR) is 88.5 cm³/mol. The number of halogens is 1. The summed E-state index contributed by atoms with van der Waals surface area (Å²) >= 11 is 0. The maximum atomic E-state index is 12.4. The molecule has 0 bridgehead atoms. The fourth-order valence-electron chi connectivity index (χ4n) is 2.22. The highest BCUT2D eigenvalue weighted by Crippen LogP contribution is 2.20. The van der Waals surface area contributed by atoms with Crippen molar-refractivity contribution in [3.05, 3.63) is 54.7 Å². The van der Waals surface area contributed by atoms with Gasteiger partial charge in [-0.3, -0.25) is 0 Å². The molecule has 0 saturated heterocycles. The van der Waals surface area contributed by atoms with Crippen LogP contribution in [0.4, 0.5) is 21.7 Å². The topological polar surface area (TPSA) is 41.0 Å². The number of nitrogens with one attached hydrogen (secondary N) is 1. The Morgan fingerprint density at radius 3 is 2.64 bits per heavy atom. The van der Waals surface area contributed by atoms with Crippen molar-refractivity contribution >= 4 is 28.2 Å². The first-order chi connectivity index (χ1) is 10.8. The van der Waals surface area contributed by atoms with Gasteiger partial charge in [-0.15, -0.1) is 0 Å². The van der Waals surface area contributed by atoms with Crippen LogP contribution in [0.25, 0.3) is 10.9 Å². The van der Waals surface area contributed by atoms with Crippen LogP contribution in [-0.2, 0) is 0 Å². The summed E-state index contributed by atoms with van der Waals surface area (Å²) < 4.78 is 12.4.